The summed E-state index contributed by atoms with van der Waals surface area (Å²) >= 11 is 5.89. The van der Waals surface area contributed by atoms with Gasteiger partial charge in [0.2, 0.25) is 0 Å². The first-order valence-electron chi connectivity index (χ1n) is 12.8. The highest BCUT2D eigenvalue weighted by atomic mass is 32.1. The van der Waals surface area contributed by atoms with Crippen LogP contribution in [-0.4, -0.2) is 41.8 Å². The van der Waals surface area contributed by atoms with Gasteiger partial charge in [-0.3, -0.25) is 4.79 Å². The maximum Gasteiger partial charge on any atom is 0.253 e. The molecule has 0 bridgehead atoms. The molecule has 0 spiro atoms. The molecule has 0 radical (unpaired) electrons. The van der Waals surface area contributed by atoms with Crippen molar-refractivity contribution in [3.8, 4) is 11.5 Å². The first-order chi connectivity index (χ1) is 17.4. The number of nitrogens with one attached hydrogen (secondary N) is 2. The second kappa shape index (κ2) is 11.8. The molecule has 2 aromatic carbocycles. The van der Waals surface area contributed by atoms with Crippen molar-refractivity contribution < 1.29 is 9.47 Å². The van der Waals surface area contributed by atoms with Gasteiger partial charge in [0.25, 0.3) is 5.56 Å². The Kier molecular flexibility index (Phi) is 8.52. The molecule has 1 aliphatic rings. The second-order valence-electron chi connectivity index (χ2n) is 9.69. The minimum absolute atomic E-state index is 0.0369. The van der Waals surface area contributed by atoms with Crippen molar-refractivity contribution in [1.29, 1.82) is 0 Å². The molecule has 4 rings (SSSR count). The molecule has 0 amide bonds. The van der Waals surface area contributed by atoms with Crippen LogP contribution in [0, 0.1) is 13.8 Å². The van der Waals surface area contributed by atoms with E-state index < -0.39 is 0 Å². The number of aromatic nitrogens is 1. The molecule has 192 valence electrons. The molecule has 0 aliphatic heterocycles. The quantitative estimate of drug-likeness (QED) is 0.397. The van der Waals surface area contributed by atoms with Gasteiger partial charge in [-0.1, -0.05) is 37.5 Å². The zero-order valence-electron chi connectivity index (χ0n) is 21.8. The molecule has 1 heterocycles. The molecular weight excluding hydrogens is 470 g/mol. The monoisotopic (exact) mass is 507 g/mol. The highest BCUT2D eigenvalue weighted by Crippen LogP contribution is 2.28. The Balaban J connectivity index is 1.50. The van der Waals surface area contributed by atoms with Crippen molar-refractivity contribution in [2.45, 2.75) is 65.0 Å². The van der Waals surface area contributed by atoms with Gasteiger partial charge in [0.05, 0.1) is 26.3 Å². The SMILES string of the molecule is COc1ccc(CCNC(=S)N(Cc2cc3ccc(C)c(C)c3[nH]c2=O)C2CCCCC2)cc1OC. The van der Waals surface area contributed by atoms with E-state index in [1.807, 2.05) is 24.3 Å². The fourth-order valence-electron chi connectivity index (χ4n) is 5.08. The molecule has 0 saturated heterocycles. The number of thiocarbonyl (C=S) groups is 1. The van der Waals surface area contributed by atoms with E-state index in [2.05, 4.69) is 41.2 Å². The van der Waals surface area contributed by atoms with E-state index in [4.69, 9.17) is 21.7 Å². The maximum atomic E-state index is 13.1. The zero-order chi connectivity index (χ0) is 25.7. The largest absolute Gasteiger partial charge is 0.493 e. The smallest absolute Gasteiger partial charge is 0.253 e. The number of nitrogens with zero attached hydrogens (tertiary/aromatic N) is 1. The van der Waals surface area contributed by atoms with Crippen LogP contribution in [0.2, 0.25) is 0 Å². The fraction of sp³-hybridized carbons (Fsp3) is 0.448. The molecule has 1 fully saturated rings. The molecule has 36 heavy (non-hydrogen) atoms. The first kappa shape index (κ1) is 26.0. The van der Waals surface area contributed by atoms with Crippen LogP contribution in [0.15, 0.2) is 41.2 Å². The summed E-state index contributed by atoms with van der Waals surface area (Å²) in [6.45, 7) is 5.33. The van der Waals surface area contributed by atoms with Gasteiger partial charge in [-0.05, 0) is 85.6 Å². The first-order valence-corrected chi connectivity index (χ1v) is 13.2. The molecule has 3 aromatic rings. The van der Waals surface area contributed by atoms with E-state index in [0.29, 0.717) is 24.2 Å². The molecule has 7 heteroatoms. The molecule has 0 unspecified atom stereocenters. The summed E-state index contributed by atoms with van der Waals surface area (Å²) in [6, 6.07) is 12.5. The van der Waals surface area contributed by atoms with Crippen LogP contribution in [0.25, 0.3) is 10.9 Å². The lowest BCUT2D eigenvalue weighted by Crippen LogP contribution is -2.47. The summed E-state index contributed by atoms with van der Waals surface area (Å²) in [5, 5.41) is 5.23. The number of H-pyrrole nitrogens is 1. The Bertz CT molecular complexity index is 1280. The number of hydrogen-bond acceptors (Lipinski definition) is 4. The lowest BCUT2D eigenvalue weighted by molar-refractivity contribution is 0.234. The van der Waals surface area contributed by atoms with Crippen LogP contribution in [0.1, 0.15) is 54.4 Å². The number of hydrogen-bond donors (Lipinski definition) is 2. The molecule has 1 aliphatic carbocycles. The maximum absolute atomic E-state index is 13.1. The van der Waals surface area contributed by atoms with E-state index in [0.717, 1.165) is 58.4 Å². The summed E-state index contributed by atoms with van der Waals surface area (Å²) in [5.41, 5.74) is 5.07. The lowest BCUT2D eigenvalue weighted by Gasteiger charge is -2.36. The minimum atomic E-state index is -0.0369. The van der Waals surface area contributed by atoms with E-state index >= 15 is 0 Å². The van der Waals surface area contributed by atoms with Crippen molar-refractivity contribution in [2.24, 2.45) is 0 Å². The third kappa shape index (κ3) is 5.84. The molecule has 6 nitrogen and oxygen atoms in total. The van der Waals surface area contributed by atoms with Crippen molar-refractivity contribution >= 4 is 28.2 Å². The number of benzene rings is 2. The molecule has 2 N–H and O–H groups in total. The van der Waals surface area contributed by atoms with Crippen molar-refractivity contribution in [3.63, 3.8) is 0 Å². The number of methoxy groups -OCH3 is 2. The van der Waals surface area contributed by atoms with Crippen molar-refractivity contribution in [3.05, 3.63) is 69.0 Å². The molecule has 1 saturated carbocycles. The van der Waals surface area contributed by atoms with Gasteiger partial charge in [-0.15, -0.1) is 0 Å². The third-order valence-electron chi connectivity index (χ3n) is 7.38. The summed E-state index contributed by atoms with van der Waals surface area (Å²) in [7, 11) is 3.29. The second-order valence-corrected chi connectivity index (χ2v) is 10.1. The predicted molar refractivity (Wildman–Crippen MR) is 150 cm³/mol. The van der Waals surface area contributed by atoms with Crippen molar-refractivity contribution in [2.75, 3.05) is 20.8 Å². The number of fused-ring (bicyclic) bond motifs is 1. The van der Waals surface area contributed by atoms with E-state index in [-0.39, 0.29) is 5.56 Å². The number of aryl methyl sites for hydroxylation is 2. The number of pyridine rings is 1. The van der Waals surface area contributed by atoms with E-state index in [1.54, 1.807) is 14.2 Å². The minimum Gasteiger partial charge on any atom is -0.493 e. The van der Waals surface area contributed by atoms with Gasteiger partial charge in [-0.2, -0.15) is 0 Å². The average Bonchev–Trinajstić information content (AvgIpc) is 2.90. The van der Waals surface area contributed by atoms with Crippen molar-refractivity contribution in [1.82, 2.24) is 15.2 Å². The zero-order valence-corrected chi connectivity index (χ0v) is 22.6. The molecular formula is C29H37N3O3S. The van der Waals surface area contributed by atoms with Crippen LogP contribution in [0.5, 0.6) is 11.5 Å². The lowest BCUT2D eigenvalue weighted by atomic mass is 9.94. The Morgan fingerprint density at radius 3 is 2.53 bits per heavy atom. The summed E-state index contributed by atoms with van der Waals surface area (Å²) < 4.78 is 10.8. The van der Waals surface area contributed by atoms with Gasteiger partial charge < -0.3 is 24.7 Å². The average molecular weight is 508 g/mol. The third-order valence-corrected chi connectivity index (χ3v) is 7.76. The topological polar surface area (TPSA) is 66.6 Å². The standard InChI is InChI=1S/C29H37N3O3S/c1-19-10-12-22-17-23(28(33)31-27(22)20(19)2)18-32(24-8-6-5-7-9-24)29(36)30-15-14-21-11-13-25(34-3)26(16-21)35-4/h10-13,16-17,24H,5-9,14-15,18H2,1-4H3,(H,30,36)(H,31,33). The van der Waals surface area contributed by atoms with E-state index in [1.165, 1.54) is 24.8 Å². The van der Waals surface area contributed by atoms with Gasteiger partial charge in [0.1, 0.15) is 0 Å². The Morgan fingerprint density at radius 2 is 1.81 bits per heavy atom. The number of rotatable bonds is 8. The summed E-state index contributed by atoms with van der Waals surface area (Å²) in [6.07, 6.45) is 6.65. The van der Waals surface area contributed by atoms with E-state index in [9.17, 15) is 4.79 Å². The summed E-state index contributed by atoms with van der Waals surface area (Å²) in [5.74, 6) is 1.45. The predicted octanol–water partition coefficient (Wildman–Crippen LogP) is 5.41. The van der Waals surface area contributed by atoms with Gasteiger partial charge in [-0.25, -0.2) is 0 Å². The van der Waals surface area contributed by atoms with Crippen LogP contribution >= 0.6 is 12.2 Å². The van der Waals surface area contributed by atoms with Crippen LogP contribution in [0.4, 0.5) is 0 Å². The van der Waals surface area contributed by atoms with Crippen LogP contribution in [0.3, 0.4) is 0 Å². The Labute approximate surface area is 219 Å². The number of ether oxygens (including phenoxy) is 2. The van der Waals surface area contributed by atoms with Crippen LogP contribution in [-0.2, 0) is 13.0 Å². The highest BCUT2D eigenvalue weighted by molar-refractivity contribution is 7.80. The Morgan fingerprint density at radius 1 is 1.06 bits per heavy atom. The normalized spacial score (nSPS) is 14.0. The molecule has 1 aromatic heterocycles. The van der Waals surface area contributed by atoms with Gasteiger partial charge >= 0.3 is 0 Å². The number of aromatic amines is 1. The highest BCUT2D eigenvalue weighted by Gasteiger charge is 2.24. The van der Waals surface area contributed by atoms with Gasteiger partial charge in [0.15, 0.2) is 16.6 Å². The van der Waals surface area contributed by atoms with Gasteiger partial charge in [0, 0.05) is 18.2 Å². The Hall–Kier alpha value is -3.06. The molecule has 0 atom stereocenters. The van der Waals surface area contributed by atoms with Crippen LogP contribution < -0.4 is 20.3 Å². The summed E-state index contributed by atoms with van der Waals surface area (Å²) in [4.78, 5) is 18.4. The fourth-order valence-corrected chi connectivity index (χ4v) is 5.40.